The Morgan fingerprint density at radius 3 is 2.62 bits per heavy atom. The van der Waals surface area contributed by atoms with Crippen LogP contribution in [0.1, 0.15) is 18.9 Å². The van der Waals surface area contributed by atoms with E-state index >= 15 is 0 Å². The molecule has 0 N–H and O–H groups in total. The Bertz CT molecular complexity index is 435. The number of benzene rings is 1. The number of ketones is 1. The predicted molar refractivity (Wildman–Crippen MR) is 61.8 cm³/mol. The van der Waals surface area contributed by atoms with Gasteiger partial charge in [-0.25, -0.2) is 0 Å². The second kappa shape index (κ2) is 4.39. The first-order valence-electron chi connectivity index (χ1n) is 5.28. The smallest absolute Gasteiger partial charge is 0.161 e. The van der Waals surface area contributed by atoms with E-state index in [4.69, 9.17) is 9.47 Å². The van der Waals surface area contributed by atoms with Crippen molar-refractivity contribution in [1.82, 2.24) is 0 Å². The van der Waals surface area contributed by atoms with E-state index in [1.54, 1.807) is 0 Å². The van der Waals surface area contributed by atoms with E-state index in [9.17, 15) is 4.79 Å². The van der Waals surface area contributed by atoms with Gasteiger partial charge >= 0.3 is 0 Å². The summed E-state index contributed by atoms with van der Waals surface area (Å²) in [5.74, 6) is 1.39. The van der Waals surface area contributed by atoms with Crippen LogP contribution in [0, 0.1) is 0 Å². The van der Waals surface area contributed by atoms with Crippen molar-refractivity contribution < 1.29 is 14.3 Å². The molecular formula is C13H14O3. The lowest BCUT2D eigenvalue weighted by Crippen LogP contribution is -1.97. The molecule has 0 saturated heterocycles. The normalized spacial score (nSPS) is 14.1. The van der Waals surface area contributed by atoms with Crippen molar-refractivity contribution in [3.05, 3.63) is 30.3 Å². The van der Waals surface area contributed by atoms with Crippen LogP contribution in [0.2, 0.25) is 0 Å². The van der Waals surface area contributed by atoms with E-state index in [2.05, 4.69) is 6.58 Å². The van der Waals surface area contributed by atoms with Gasteiger partial charge in [0, 0.05) is 12.0 Å². The summed E-state index contributed by atoms with van der Waals surface area (Å²) in [4.78, 5) is 11.2. The summed E-state index contributed by atoms with van der Waals surface area (Å²) in [6.45, 7) is 6.56. The fourth-order valence-electron chi connectivity index (χ4n) is 1.55. The Morgan fingerprint density at radius 2 is 1.94 bits per heavy atom. The number of ether oxygens (including phenoxy) is 2. The van der Waals surface area contributed by atoms with Crippen LogP contribution in [0.15, 0.2) is 24.8 Å². The van der Waals surface area contributed by atoms with E-state index in [0.29, 0.717) is 24.5 Å². The van der Waals surface area contributed by atoms with Crippen LogP contribution < -0.4 is 9.47 Å². The minimum Gasteiger partial charge on any atom is -0.490 e. The summed E-state index contributed by atoms with van der Waals surface area (Å²) in [5, 5.41) is 0. The van der Waals surface area contributed by atoms with E-state index < -0.39 is 0 Å². The van der Waals surface area contributed by atoms with Gasteiger partial charge in [-0.2, -0.15) is 0 Å². The van der Waals surface area contributed by atoms with Crippen LogP contribution in [-0.4, -0.2) is 19.0 Å². The Kier molecular flexibility index (Phi) is 2.95. The van der Waals surface area contributed by atoms with Gasteiger partial charge in [0.1, 0.15) is 0 Å². The van der Waals surface area contributed by atoms with Crippen molar-refractivity contribution in [3.63, 3.8) is 0 Å². The molecule has 0 radical (unpaired) electrons. The average Bonchev–Trinajstić information content (AvgIpc) is 2.51. The first kappa shape index (κ1) is 10.7. The standard InChI is InChI=1S/C13H14O3/c1-9(10(2)14)11-4-5-12-13(8-11)16-7-3-6-15-12/h4-5,8H,1,3,6-7H2,2H3. The van der Waals surface area contributed by atoms with Crippen LogP contribution in [0.3, 0.4) is 0 Å². The number of rotatable bonds is 2. The third-order valence-electron chi connectivity index (χ3n) is 2.52. The molecule has 84 valence electrons. The summed E-state index contributed by atoms with van der Waals surface area (Å²) < 4.78 is 11.0. The number of fused-ring (bicyclic) bond motifs is 1. The maximum absolute atomic E-state index is 11.2. The number of Topliss-reactive ketones (excluding diaryl/α,β-unsaturated/α-hetero) is 1. The van der Waals surface area contributed by atoms with Crippen molar-refractivity contribution in [2.24, 2.45) is 0 Å². The monoisotopic (exact) mass is 218 g/mol. The topological polar surface area (TPSA) is 35.5 Å². The molecule has 3 heteroatoms. The third kappa shape index (κ3) is 2.08. The number of hydrogen-bond donors (Lipinski definition) is 0. The lowest BCUT2D eigenvalue weighted by molar-refractivity contribution is -0.111. The molecule has 1 aromatic carbocycles. The highest BCUT2D eigenvalue weighted by Gasteiger charge is 2.12. The molecule has 1 heterocycles. The quantitative estimate of drug-likeness (QED) is 0.715. The Balaban J connectivity index is 2.34. The molecule has 1 aliphatic heterocycles. The van der Waals surface area contributed by atoms with E-state index in [1.807, 2.05) is 18.2 Å². The minimum atomic E-state index is -0.0329. The molecule has 0 unspecified atom stereocenters. The highest BCUT2D eigenvalue weighted by molar-refractivity contribution is 6.18. The zero-order valence-electron chi connectivity index (χ0n) is 9.29. The maximum atomic E-state index is 11.2. The van der Waals surface area contributed by atoms with Gasteiger partial charge < -0.3 is 9.47 Å². The van der Waals surface area contributed by atoms with E-state index in [1.165, 1.54) is 6.92 Å². The lowest BCUT2D eigenvalue weighted by Gasteiger charge is -2.09. The zero-order valence-corrected chi connectivity index (χ0v) is 9.29. The second-order valence-corrected chi connectivity index (χ2v) is 3.75. The molecule has 1 aromatic rings. The van der Waals surface area contributed by atoms with Gasteiger partial charge in [0.05, 0.1) is 13.2 Å². The molecule has 0 bridgehead atoms. The molecule has 1 aliphatic rings. The van der Waals surface area contributed by atoms with Crippen LogP contribution >= 0.6 is 0 Å². The molecule has 2 rings (SSSR count). The van der Waals surface area contributed by atoms with Crippen molar-refractivity contribution >= 4 is 11.4 Å². The highest BCUT2D eigenvalue weighted by atomic mass is 16.5. The molecule has 0 amide bonds. The molecule has 0 fully saturated rings. The molecule has 0 saturated carbocycles. The molecule has 0 aromatic heterocycles. The van der Waals surface area contributed by atoms with Gasteiger partial charge in [0.15, 0.2) is 17.3 Å². The number of allylic oxidation sites excluding steroid dienone is 1. The summed E-state index contributed by atoms with van der Waals surface area (Å²) in [6.07, 6.45) is 0.873. The van der Waals surface area contributed by atoms with Gasteiger partial charge in [-0.1, -0.05) is 12.6 Å². The van der Waals surface area contributed by atoms with Gasteiger partial charge in [-0.15, -0.1) is 0 Å². The zero-order chi connectivity index (χ0) is 11.5. The first-order valence-corrected chi connectivity index (χ1v) is 5.28. The van der Waals surface area contributed by atoms with Crippen LogP contribution in [-0.2, 0) is 4.79 Å². The second-order valence-electron chi connectivity index (χ2n) is 3.75. The first-order chi connectivity index (χ1) is 7.68. The van der Waals surface area contributed by atoms with Gasteiger partial charge in [0.2, 0.25) is 0 Å². The predicted octanol–water partition coefficient (Wildman–Crippen LogP) is 2.45. The highest BCUT2D eigenvalue weighted by Crippen LogP contribution is 2.32. The van der Waals surface area contributed by atoms with Crippen molar-refractivity contribution in [2.75, 3.05) is 13.2 Å². The van der Waals surface area contributed by atoms with Crippen LogP contribution in [0.5, 0.6) is 11.5 Å². The lowest BCUT2D eigenvalue weighted by atomic mass is 10.0. The van der Waals surface area contributed by atoms with Crippen molar-refractivity contribution in [2.45, 2.75) is 13.3 Å². The molecule has 3 nitrogen and oxygen atoms in total. The Labute approximate surface area is 94.7 Å². The summed E-state index contributed by atoms with van der Waals surface area (Å²) >= 11 is 0. The minimum absolute atomic E-state index is 0.0329. The van der Waals surface area contributed by atoms with Gasteiger partial charge in [-0.3, -0.25) is 4.79 Å². The summed E-state index contributed by atoms with van der Waals surface area (Å²) in [5.41, 5.74) is 1.28. The summed E-state index contributed by atoms with van der Waals surface area (Å²) in [7, 11) is 0. The van der Waals surface area contributed by atoms with Crippen molar-refractivity contribution in [3.8, 4) is 11.5 Å². The van der Waals surface area contributed by atoms with Crippen molar-refractivity contribution in [1.29, 1.82) is 0 Å². The number of carbonyl (C=O) groups excluding carboxylic acids is 1. The summed E-state index contributed by atoms with van der Waals surface area (Å²) in [6, 6.07) is 5.46. The molecule has 0 atom stereocenters. The number of hydrogen-bond acceptors (Lipinski definition) is 3. The van der Waals surface area contributed by atoms with E-state index in [0.717, 1.165) is 17.7 Å². The van der Waals surface area contributed by atoms with Crippen LogP contribution in [0.4, 0.5) is 0 Å². The van der Waals surface area contributed by atoms with E-state index in [-0.39, 0.29) is 5.78 Å². The fourth-order valence-corrected chi connectivity index (χ4v) is 1.55. The third-order valence-corrected chi connectivity index (χ3v) is 2.52. The largest absolute Gasteiger partial charge is 0.490 e. The van der Waals surface area contributed by atoms with Crippen LogP contribution in [0.25, 0.3) is 5.57 Å². The van der Waals surface area contributed by atoms with Gasteiger partial charge in [-0.05, 0) is 24.6 Å². The van der Waals surface area contributed by atoms with Gasteiger partial charge in [0.25, 0.3) is 0 Å². The molecule has 0 aliphatic carbocycles. The molecule has 0 spiro atoms. The molecule has 16 heavy (non-hydrogen) atoms. The average molecular weight is 218 g/mol. The Morgan fingerprint density at radius 1 is 1.25 bits per heavy atom. The SMILES string of the molecule is C=C(C(C)=O)c1ccc2c(c1)OCCCO2. The Hall–Kier alpha value is -1.77. The molecular weight excluding hydrogens is 204 g/mol. The number of carbonyl (C=O) groups is 1. The maximum Gasteiger partial charge on any atom is 0.161 e. The fraction of sp³-hybridized carbons (Fsp3) is 0.308.